The molecule has 1 aromatic heterocycles. The maximum Gasteiger partial charge on any atom is 0.168 e. The summed E-state index contributed by atoms with van der Waals surface area (Å²) in [7, 11) is 1.42. The Morgan fingerprint density at radius 2 is 2.11 bits per heavy atom. The standard InChI is InChI=1S/C15H16FNO2/c1-10-12(6-4-8-17-10)13(18)9-11-5-3-7-14(19-2)15(11)16/h3-8,13,18H,9H2,1-2H3. The zero-order valence-corrected chi connectivity index (χ0v) is 10.9. The second kappa shape index (κ2) is 5.80. The van der Waals surface area contributed by atoms with E-state index in [-0.39, 0.29) is 12.2 Å². The van der Waals surface area contributed by atoms with E-state index in [1.807, 2.05) is 6.92 Å². The maximum absolute atomic E-state index is 14.0. The van der Waals surface area contributed by atoms with Crippen molar-refractivity contribution in [3.05, 3.63) is 59.2 Å². The summed E-state index contributed by atoms with van der Waals surface area (Å²) in [5.74, 6) is -0.238. The summed E-state index contributed by atoms with van der Waals surface area (Å²) in [6.07, 6.45) is 1.07. The second-order valence-corrected chi connectivity index (χ2v) is 4.33. The Bertz CT molecular complexity index is 572. The van der Waals surface area contributed by atoms with Crippen LogP contribution in [0.25, 0.3) is 0 Å². The van der Waals surface area contributed by atoms with Gasteiger partial charge in [-0.05, 0) is 24.6 Å². The number of aryl methyl sites for hydroxylation is 1. The van der Waals surface area contributed by atoms with Crippen molar-refractivity contribution in [2.45, 2.75) is 19.4 Å². The highest BCUT2D eigenvalue weighted by atomic mass is 19.1. The maximum atomic E-state index is 14.0. The lowest BCUT2D eigenvalue weighted by molar-refractivity contribution is 0.175. The molecule has 0 aliphatic carbocycles. The van der Waals surface area contributed by atoms with E-state index >= 15 is 0 Å². The van der Waals surface area contributed by atoms with Gasteiger partial charge < -0.3 is 9.84 Å². The second-order valence-electron chi connectivity index (χ2n) is 4.33. The first-order valence-electron chi connectivity index (χ1n) is 6.04. The average molecular weight is 261 g/mol. The van der Waals surface area contributed by atoms with Crippen LogP contribution in [0.2, 0.25) is 0 Å². The van der Waals surface area contributed by atoms with Gasteiger partial charge >= 0.3 is 0 Å². The Kier molecular flexibility index (Phi) is 4.12. The van der Waals surface area contributed by atoms with E-state index < -0.39 is 11.9 Å². The molecule has 4 heteroatoms. The van der Waals surface area contributed by atoms with E-state index in [4.69, 9.17) is 4.74 Å². The first-order valence-corrected chi connectivity index (χ1v) is 6.04. The van der Waals surface area contributed by atoms with Crippen LogP contribution >= 0.6 is 0 Å². The number of aliphatic hydroxyl groups is 1. The van der Waals surface area contributed by atoms with Crippen LogP contribution < -0.4 is 4.74 Å². The highest BCUT2D eigenvalue weighted by Gasteiger charge is 2.16. The number of halogens is 1. The van der Waals surface area contributed by atoms with Gasteiger partial charge in [-0.3, -0.25) is 4.98 Å². The van der Waals surface area contributed by atoms with Gasteiger partial charge in [-0.1, -0.05) is 18.2 Å². The Hall–Kier alpha value is -1.94. The van der Waals surface area contributed by atoms with Crippen molar-refractivity contribution in [1.29, 1.82) is 0 Å². The summed E-state index contributed by atoms with van der Waals surface area (Å²) >= 11 is 0. The number of aliphatic hydroxyl groups excluding tert-OH is 1. The van der Waals surface area contributed by atoms with Gasteiger partial charge in [0.05, 0.1) is 13.2 Å². The van der Waals surface area contributed by atoms with Crippen LogP contribution in [0.1, 0.15) is 22.9 Å². The predicted molar refractivity (Wildman–Crippen MR) is 70.6 cm³/mol. The smallest absolute Gasteiger partial charge is 0.168 e. The molecule has 1 unspecified atom stereocenters. The largest absolute Gasteiger partial charge is 0.494 e. The first kappa shape index (κ1) is 13.5. The van der Waals surface area contributed by atoms with E-state index in [1.54, 1.807) is 36.5 Å². The summed E-state index contributed by atoms with van der Waals surface area (Å²) in [5.41, 5.74) is 1.89. The highest BCUT2D eigenvalue weighted by molar-refractivity contribution is 5.33. The Morgan fingerprint density at radius 1 is 1.32 bits per heavy atom. The van der Waals surface area contributed by atoms with Crippen LogP contribution in [0.3, 0.4) is 0 Å². The number of aromatic nitrogens is 1. The molecule has 0 saturated carbocycles. The number of methoxy groups -OCH3 is 1. The molecular formula is C15H16FNO2. The van der Waals surface area contributed by atoms with Crippen molar-refractivity contribution in [3.63, 3.8) is 0 Å². The third-order valence-corrected chi connectivity index (χ3v) is 3.08. The van der Waals surface area contributed by atoms with Crippen molar-refractivity contribution >= 4 is 0 Å². The van der Waals surface area contributed by atoms with Crippen LogP contribution in [0, 0.1) is 12.7 Å². The zero-order chi connectivity index (χ0) is 13.8. The van der Waals surface area contributed by atoms with Gasteiger partial charge in [0.2, 0.25) is 0 Å². The summed E-state index contributed by atoms with van der Waals surface area (Å²) in [6.45, 7) is 1.82. The minimum absolute atomic E-state index is 0.188. The van der Waals surface area contributed by atoms with Gasteiger partial charge in [-0.15, -0.1) is 0 Å². The van der Waals surface area contributed by atoms with Gasteiger partial charge in [0, 0.05) is 23.9 Å². The molecular weight excluding hydrogens is 245 g/mol. The molecule has 3 nitrogen and oxygen atoms in total. The van der Waals surface area contributed by atoms with E-state index in [1.165, 1.54) is 7.11 Å². The normalized spacial score (nSPS) is 12.2. The van der Waals surface area contributed by atoms with Crippen molar-refractivity contribution in [2.24, 2.45) is 0 Å². The molecule has 0 aliphatic heterocycles. The number of hydrogen-bond donors (Lipinski definition) is 1. The third kappa shape index (κ3) is 2.90. The summed E-state index contributed by atoms with van der Waals surface area (Å²) < 4.78 is 18.9. The summed E-state index contributed by atoms with van der Waals surface area (Å²) in [5, 5.41) is 10.2. The molecule has 0 aliphatic rings. The molecule has 0 amide bonds. The van der Waals surface area contributed by atoms with Gasteiger partial charge in [0.25, 0.3) is 0 Å². The van der Waals surface area contributed by atoms with E-state index in [9.17, 15) is 9.50 Å². The molecule has 0 radical (unpaired) electrons. The molecule has 0 spiro atoms. The van der Waals surface area contributed by atoms with Crippen LogP contribution in [-0.4, -0.2) is 17.2 Å². The van der Waals surface area contributed by atoms with Gasteiger partial charge in [0.1, 0.15) is 0 Å². The van der Waals surface area contributed by atoms with Crippen molar-refractivity contribution in [1.82, 2.24) is 4.98 Å². The molecule has 1 N–H and O–H groups in total. The van der Waals surface area contributed by atoms with Crippen LogP contribution in [-0.2, 0) is 6.42 Å². The first-order chi connectivity index (χ1) is 9.13. The zero-order valence-electron chi connectivity index (χ0n) is 10.9. The fraction of sp³-hybridized carbons (Fsp3) is 0.267. The quantitative estimate of drug-likeness (QED) is 0.920. The molecule has 1 heterocycles. The molecule has 19 heavy (non-hydrogen) atoms. The van der Waals surface area contributed by atoms with Crippen LogP contribution in [0.4, 0.5) is 4.39 Å². The van der Waals surface area contributed by atoms with Crippen LogP contribution in [0.5, 0.6) is 5.75 Å². The molecule has 0 fully saturated rings. The molecule has 0 saturated heterocycles. The number of hydrogen-bond acceptors (Lipinski definition) is 3. The van der Waals surface area contributed by atoms with Crippen molar-refractivity contribution < 1.29 is 14.2 Å². The molecule has 2 rings (SSSR count). The average Bonchev–Trinajstić information content (AvgIpc) is 2.41. The van der Waals surface area contributed by atoms with E-state index in [2.05, 4.69) is 4.98 Å². The lowest BCUT2D eigenvalue weighted by Gasteiger charge is -2.14. The minimum Gasteiger partial charge on any atom is -0.494 e. The Morgan fingerprint density at radius 3 is 2.79 bits per heavy atom. The molecule has 1 aromatic carbocycles. The number of benzene rings is 1. The van der Waals surface area contributed by atoms with E-state index in [0.29, 0.717) is 11.1 Å². The lowest BCUT2D eigenvalue weighted by Crippen LogP contribution is -2.06. The molecule has 100 valence electrons. The number of nitrogens with zero attached hydrogens (tertiary/aromatic N) is 1. The van der Waals surface area contributed by atoms with Crippen LogP contribution in [0.15, 0.2) is 36.5 Å². The predicted octanol–water partition coefficient (Wildman–Crippen LogP) is 2.81. The van der Waals surface area contributed by atoms with Gasteiger partial charge in [-0.2, -0.15) is 0 Å². The van der Waals surface area contributed by atoms with Gasteiger partial charge in [-0.25, -0.2) is 4.39 Å². The highest BCUT2D eigenvalue weighted by Crippen LogP contribution is 2.25. The topological polar surface area (TPSA) is 42.4 Å². The summed E-state index contributed by atoms with van der Waals surface area (Å²) in [6, 6.07) is 8.46. The molecule has 1 atom stereocenters. The molecule has 0 bridgehead atoms. The fourth-order valence-corrected chi connectivity index (χ4v) is 2.04. The van der Waals surface area contributed by atoms with Crippen molar-refractivity contribution in [2.75, 3.05) is 7.11 Å². The monoisotopic (exact) mass is 261 g/mol. The Labute approximate surface area is 111 Å². The van der Waals surface area contributed by atoms with E-state index in [0.717, 1.165) is 5.69 Å². The van der Waals surface area contributed by atoms with Crippen molar-refractivity contribution in [3.8, 4) is 5.75 Å². The number of ether oxygens (including phenoxy) is 1. The SMILES string of the molecule is COc1cccc(CC(O)c2cccnc2C)c1F. The molecule has 2 aromatic rings. The van der Waals surface area contributed by atoms with Gasteiger partial charge in [0.15, 0.2) is 11.6 Å². The minimum atomic E-state index is -0.782. The number of rotatable bonds is 4. The Balaban J connectivity index is 2.24. The fourth-order valence-electron chi connectivity index (χ4n) is 2.04. The third-order valence-electron chi connectivity index (χ3n) is 3.08. The summed E-state index contributed by atoms with van der Waals surface area (Å²) in [4.78, 5) is 4.12. The number of pyridine rings is 1. The lowest BCUT2D eigenvalue weighted by atomic mass is 10.00.